The molecule has 0 aliphatic rings. The van der Waals surface area contributed by atoms with Crippen LogP contribution in [0.2, 0.25) is 0 Å². The first-order chi connectivity index (χ1) is 12.1. The Bertz CT molecular complexity index is 696. The van der Waals surface area contributed by atoms with E-state index in [1.807, 2.05) is 13.1 Å². The van der Waals surface area contributed by atoms with Gasteiger partial charge in [0.05, 0.1) is 24.7 Å². The molecule has 0 aliphatic heterocycles. The maximum absolute atomic E-state index is 5.87. The highest BCUT2D eigenvalue weighted by molar-refractivity contribution is 7.11. The number of guanidine groups is 1. The smallest absolute Gasteiger partial charge is 0.191 e. The van der Waals surface area contributed by atoms with Gasteiger partial charge in [-0.05, 0) is 38.8 Å². The summed E-state index contributed by atoms with van der Waals surface area (Å²) >= 11 is 1.70. The average molecular weight is 361 g/mol. The highest BCUT2D eigenvalue weighted by Gasteiger charge is 2.06. The highest BCUT2D eigenvalue weighted by Crippen LogP contribution is 2.21. The van der Waals surface area contributed by atoms with Crippen LogP contribution in [0.3, 0.4) is 0 Å². The summed E-state index contributed by atoms with van der Waals surface area (Å²) in [5.74, 6) is 1.73. The Morgan fingerprint density at radius 3 is 2.76 bits per heavy atom. The lowest BCUT2D eigenvalue weighted by Crippen LogP contribution is -2.36. The zero-order valence-electron chi connectivity index (χ0n) is 15.6. The molecule has 2 aromatic rings. The molecule has 0 saturated carbocycles. The number of hydrogen-bond donors (Lipinski definition) is 2. The van der Waals surface area contributed by atoms with Gasteiger partial charge < -0.3 is 15.4 Å². The molecule has 1 heterocycles. The van der Waals surface area contributed by atoms with Gasteiger partial charge in [0.2, 0.25) is 0 Å². The van der Waals surface area contributed by atoms with E-state index < -0.39 is 0 Å². The molecule has 0 saturated heterocycles. The van der Waals surface area contributed by atoms with Crippen molar-refractivity contribution in [2.45, 2.75) is 47.2 Å². The number of nitrogens with zero attached hydrogens (tertiary/aromatic N) is 2. The Morgan fingerprint density at radius 1 is 1.24 bits per heavy atom. The minimum absolute atomic E-state index is 0.580. The molecule has 0 amide bonds. The van der Waals surface area contributed by atoms with Gasteiger partial charge in [-0.3, -0.25) is 0 Å². The predicted molar refractivity (Wildman–Crippen MR) is 105 cm³/mol. The van der Waals surface area contributed by atoms with Crippen molar-refractivity contribution in [3.8, 4) is 5.75 Å². The number of rotatable bonds is 8. The highest BCUT2D eigenvalue weighted by atomic mass is 32.1. The van der Waals surface area contributed by atoms with Crippen molar-refractivity contribution < 1.29 is 4.74 Å². The maximum Gasteiger partial charge on any atom is 0.191 e. The zero-order chi connectivity index (χ0) is 18.1. The van der Waals surface area contributed by atoms with Crippen LogP contribution >= 0.6 is 11.3 Å². The molecular weight excluding hydrogens is 332 g/mol. The van der Waals surface area contributed by atoms with Gasteiger partial charge in [-0.25, -0.2) is 9.98 Å². The number of aryl methyl sites for hydroxylation is 2. The molecule has 25 heavy (non-hydrogen) atoms. The fraction of sp³-hybridized carbons (Fsp3) is 0.474. The second-order valence-corrected chi connectivity index (χ2v) is 7.17. The first-order valence-electron chi connectivity index (χ1n) is 8.78. The number of ether oxygens (including phenoxy) is 1. The van der Waals surface area contributed by atoms with Crippen molar-refractivity contribution in [3.63, 3.8) is 0 Å². The Morgan fingerprint density at radius 2 is 2.08 bits per heavy atom. The summed E-state index contributed by atoms with van der Waals surface area (Å²) in [6, 6.07) is 6.28. The van der Waals surface area contributed by atoms with Crippen molar-refractivity contribution >= 4 is 17.3 Å². The van der Waals surface area contributed by atoms with Crippen molar-refractivity contribution in [1.29, 1.82) is 0 Å². The van der Waals surface area contributed by atoms with Gasteiger partial charge >= 0.3 is 0 Å². The van der Waals surface area contributed by atoms with Gasteiger partial charge in [0, 0.05) is 23.2 Å². The van der Waals surface area contributed by atoms with Crippen LogP contribution in [0.4, 0.5) is 0 Å². The number of nitrogens with one attached hydrogen (secondary N) is 2. The number of aliphatic imine (C=N–C) groups is 1. The number of benzene rings is 1. The molecule has 0 spiro atoms. The molecule has 0 aliphatic carbocycles. The van der Waals surface area contributed by atoms with Gasteiger partial charge in [0.25, 0.3) is 0 Å². The Balaban J connectivity index is 2.04. The molecule has 136 valence electrons. The molecule has 5 nitrogen and oxygen atoms in total. The number of hydrogen-bond acceptors (Lipinski definition) is 4. The molecule has 2 rings (SSSR count). The normalized spacial score (nSPS) is 11.4. The van der Waals surface area contributed by atoms with Gasteiger partial charge in [-0.2, -0.15) is 0 Å². The van der Waals surface area contributed by atoms with Gasteiger partial charge in [0.1, 0.15) is 5.75 Å². The van der Waals surface area contributed by atoms with Crippen molar-refractivity contribution in [2.24, 2.45) is 4.99 Å². The SMILES string of the molecule is CCCOc1cc(C)ccc1CN=C(NCC)NCc1cnc(C)s1. The fourth-order valence-corrected chi connectivity index (χ4v) is 3.04. The summed E-state index contributed by atoms with van der Waals surface area (Å²) in [4.78, 5) is 10.2. The summed E-state index contributed by atoms with van der Waals surface area (Å²) in [6.07, 6.45) is 2.91. The van der Waals surface area contributed by atoms with E-state index in [2.05, 4.69) is 54.6 Å². The molecular formula is C19H28N4OS. The zero-order valence-corrected chi connectivity index (χ0v) is 16.4. The minimum Gasteiger partial charge on any atom is -0.493 e. The average Bonchev–Trinajstić information content (AvgIpc) is 3.02. The minimum atomic E-state index is 0.580. The molecule has 1 aromatic carbocycles. The Labute approximate surface area is 154 Å². The maximum atomic E-state index is 5.87. The lowest BCUT2D eigenvalue weighted by molar-refractivity contribution is 0.314. The van der Waals surface area contributed by atoms with Gasteiger partial charge in [-0.15, -0.1) is 11.3 Å². The molecule has 2 N–H and O–H groups in total. The van der Waals surface area contributed by atoms with Crippen molar-refractivity contribution in [1.82, 2.24) is 15.6 Å². The second-order valence-electron chi connectivity index (χ2n) is 5.85. The van der Waals surface area contributed by atoms with Crippen LogP contribution in [0.5, 0.6) is 5.75 Å². The van der Waals surface area contributed by atoms with E-state index in [9.17, 15) is 0 Å². The summed E-state index contributed by atoms with van der Waals surface area (Å²) in [5, 5.41) is 7.73. The standard InChI is InChI=1S/C19H28N4OS/c1-5-9-24-18-10-14(3)7-8-16(18)11-22-19(20-6-2)23-13-17-12-21-15(4)25-17/h7-8,10,12H,5-6,9,11,13H2,1-4H3,(H2,20,22,23). The molecule has 0 fully saturated rings. The Kier molecular flexibility index (Phi) is 7.73. The van der Waals surface area contributed by atoms with E-state index in [0.29, 0.717) is 6.54 Å². The molecule has 0 atom stereocenters. The first kappa shape index (κ1) is 19.2. The monoisotopic (exact) mass is 360 g/mol. The van der Waals surface area contributed by atoms with Gasteiger partial charge in [0.15, 0.2) is 5.96 Å². The summed E-state index contributed by atoms with van der Waals surface area (Å²) in [5.41, 5.74) is 2.30. The third kappa shape index (κ3) is 6.38. The predicted octanol–water partition coefficient (Wildman–Crippen LogP) is 3.80. The van der Waals surface area contributed by atoms with Crippen LogP contribution < -0.4 is 15.4 Å². The van der Waals surface area contributed by atoms with E-state index in [-0.39, 0.29) is 0 Å². The lowest BCUT2D eigenvalue weighted by atomic mass is 10.1. The Hall–Kier alpha value is -2.08. The van der Waals surface area contributed by atoms with E-state index in [4.69, 9.17) is 9.73 Å². The largest absolute Gasteiger partial charge is 0.493 e. The summed E-state index contributed by atoms with van der Waals surface area (Å²) in [7, 11) is 0. The molecule has 6 heteroatoms. The quantitative estimate of drug-likeness (QED) is 0.555. The molecule has 1 aromatic heterocycles. The summed E-state index contributed by atoms with van der Waals surface area (Å²) in [6.45, 7) is 11.1. The van der Waals surface area contributed by atoms with E-state index >= 15 is 0 Å². The van der Waals surface area contributed by atoms with Crippen LogP contribution in [0.25, 0.3) is 0 Å². The van der Waals surface area contributed by atoms with Crippen LogP contribution in [0, 0.1) is 13.8 Å². The van der Waals surface area contributed by atoms with Crippen LogP contribution in [0.1, 0.15) is 41.3 Å². The third-order valence-corrected chi connectivity index (χ3v) is 4.45. The van der Waals surface area contributed by atoms with E-state index in [0.717, 1.165) is 48.4 Å². The number of aromatic nitrogens is 1. The molecule has 0 radical (unpaired) electrons. The fourth-order valence-electron chi connectivity index (χ4n) is 2.30. The third-order valence-electron chi connectivity index (χ3n) is 3.54. The second kappa shape index (κ2) is 10.0. The summed E-state index contributed by atoms with van der Waals surface area (Å²) < 4.78 is 5.87. The topological polar surface area (TPSA) is 58.5 Å². The van der Waals surface area contributed by atoms with Crippen LogP contribution in [0.15, 0.2) is 29.4 Å². The van der Waals surface area contributed by atoms with Crippen molar-refractivity contribution in [2.75, 3.05) is 13.2 Å². The first-order valence-corrected chi connectivity index (χ1v) is 9.59. The van der Waals surface area contributed by atoms with Crippen LogP contribution in [-0.4, -0.2) is 24.1 Å². The van der Waals surface area contributed by atoms with Crippen LogP contribution in [-0.2, 0) is 13.1 Å². The van der Waals surface area contributed by atoms with E-state index in [1.54, 1.807) is 11.3 Å². The van der Waals surface area contributed by atoms with Crippen molar-refractivity contribution in [3.05, 3.63) is 45.4 Å². The van der Waals surface area contributed by atoms with E-state index in [1.165, 1.54) is 10.4 Å². The molecule has 0 bridgehead atoms. The number of thiazole rings is 1. The van der Waals surface area contributed by atoms with Gasteiger partial charge in [-0.1, -0.05) is 19.1 Å². The molecule has 0 unspecified atom stereocenters. The lowest BCUT2D eigenvalue weighted by Gasteiger charge is -2.13.